The first-order chi connectivity index (χ1) is 7.33. The summed E-state index contributed by atoms with van der Waals surface area (Å²) in [7, 11) is 0. The van der Waals surface area contributed by atoms with Crippen molar-refractivity contribution in [2.24, 2.45) is 5.92 Å². The lowest BCUT2D eigenvalue weighted by Gasteiger charge is -2.12. The zero-order valence-corrected chi connectivity index (χ0v) is 9.15. The summed E-state index contributed by atoms with van der Waals surface area (Å²) in [4.78, 5) is 6.38. The number of hydrogen-bond donors (Lipinski definition) is 1. The van der Waals surface area contributed by atoms with Crippen molar-refractivity contribution < 1.29 is 9.52 Å². The molecule has 1 fully saturated rings. The molecule has 15 heavy (non-hydrogen) atoms. The maximum absolute atomic E-state index is 8.89. The second kappa shape index (κ2) is 4.66. The maximum atomic E-state index is 8.89. The molecule has 0 aliphatic carbocycles. The monoisotopic (exact) mass is 210 g/mol. The highest BCUT2D eigenvalue weighted by Crippen LogP contribution is 2.25. The topological polar surface area (TPSA) is 49.5 Å². The first-order valence-electron chi connectivity index (χ1n) is 5.63. The molecule has 2 heterocycles. The van der Waals surface area contributed by atoms with Crippen molar-refractivity contribution >= 4 is 6.01 Å². The summed E-state index contributed by atoms with van der Waals surface area (Å²) in [6.07, 6.45) is 5.28. The Morgan fingerprint density at radius 1 is 1.67 bits per heavy atom. The van der Waals surface area contributed by atoms with Gasteiger partial charge >= 0.3 is 0 Å². The predicted molar refractivity (Wildman–Crippen MR) is 57.7 cm³/mol. The van der Waals surface area contributed by atoms with Crippen LogP contribution in [0.15, 0.2) is 10.7 Å². The number of anilines is 1. The minimum Gasteiger partial charge on any atom is -0.432 e. The van der Waals surface area contributed by atoms with Gasteiger partial charge in [0.25, 0.3) is 6.01 Å². The smallest absolute Gasteiger partial charge is 0.297 e. The SMILES string of the molecule is CCCC1CCN(c2nc(CO)co2)C1. The van der Waals surface area contributed by atoms with E-state index in [2.05, 4.69) is 16.8 Å². The zero-order valence-electron chi connectivity index (χ0n) is 9.15. The number of aromatic nitrogens is 1. The third-order valence-electron chi connectivity index (χ3n) is 2.95. The minimum absolute atomic E-state index is 0.0459. The predicted octanol–water partition coefficient (Wildman–Crippen LogP) is 1.79. The fourth-order valence-electron chi connectivity index (χ4n) is 2.16. The Kier molecular flexibility index (Phi) is 3.26. The van der Waals surface area contributed by atoms with E-state index in [-0.39, 0.29) is 6.61 Å². The van der Waals surface area contributed by atoms with Crippen molar-refractivity contribution in [3.05, 3.63) is 12.0 Å². The van der Waals surface area contributed by atoms with Crippen LogP contribution in [0.2, 0.25) is 0 Å². The molecule has 1 unspecified atom stereocenters. The van der Waals surface area contributed by atoms with Crippen LogP contribution in [0.3, 0.4) is 0 Å². The summed E-state index contributed by atoms with van der Waals surface area (Å²) in [6.45, 7) is 4.24. The van der Waals surface area contributed by atoms with E-state index >= 15 is 0 Å². The van der Waals surface area contributed by atoms with Crippen LogP contribution < -0.4 is 4.90 Å². The Hall–Kier alpha value is -1.03. The maximum Gasteiger partial charge on any atom is 0.297 e. The Morgan fingerprint density at radius 2 is 2.53 bits per heavy atom. The van der Waals surface area contributed by atoms with Gasteiger partial charge in [0.05, 0.1) is 6.61 Å². The molecule has 84 valence electrons. The van der Waals surface area contributed by atoms with Gasteiger partial charge < -0.3 is 14.4 Å². The lowest BCUT2D eigenvalue weighted by Crippen LogP contribution is -2.19. The summed E-state index contributed by atoms with van der Waals surface area (Å²) in [6, 6.07) is 0.664. The van der Waals surface area contributed by atoms with Gasteiger partial charge in [-0.3, -0.25) is 0 Å². The molecular weight excluding hydrogens is 192 g/mol. The van der Waals surface area contributed by atoms with Crippen LogP contribution in [0.25, 0.3) is 0 Å². The highest BCUT2D eigenvalue weighted by Gasteiger charge is 2.24. The van der Waals surface area contributed by atoms with Gasteiger partial charge in [-0.05, 0) is 18.8 Å². The minimum atomic E-state index is -0.0459. The number of rotatable bonds is 4. The molecule has 1 saturated heterocycles. The molecule has 0 bridgehead atoms. The third-order valence-corrected chi connectivity index (χ3v) is 2.95. The Bertz CT molecular complexity index is 311. The number of oxazole rings is 1. The number of aliphatic hydroxyl groups is 1. The average molecular weight is 210 g/mol. The summed E-state index contributed by atoms with van der Waals surface area (Å²) in [5.74, 6) is 0.777. The van der Waals surface area contributed by atoms with Crippen LogP contribution in [-0.4, -0.2) is 23.2 Å². The fourth-order valence-corrected chi connectivity index (χ4v) is 2.16. The molecule has 0 radical (unpaired) electrons. The van der Waals surface area contributed by atoms with Gasteiger partial charge in [0.1, 0.15) is 12.0 Å². The molecule has 4 heteroatoms. The summed E-state index contributed by atoms with van der Waals surface area (Å²) in [5, 5.41) is 8.89. The molecule has 1 aromatic heterocycles. The molecule has 0 saturated carbocycles. The van der Waals surface area contributed by atoms with Crippen LogP contribution in [0.1, 0.15) is 31.9 Å². The van der Waals surface area contributed by atoms with Crippen molar-refractivity contribution in [2.75, 3.05) is 18.0 Å². The molecule has 1 aliphatic heterocycles. The van der Waals surface area contributed by atoms with E-state index in [1.54, 1.807) is 0 Å². The van der Waals surface area contributed by atoms with Crippen LogP contribution in [-0.2, 0) is 6.61 Å². The Labute approximate surface area is 89.9 Å². The number of nitrogens with zero attached hydrogens (tertiary/aromatic N) is 2. The lowest BCUT2D eigenvalue weighted by atomic mass is 10.0. The highest BCUT2D eigenvalue weighted by molar-refractivity contribution is 5.28. The summed E-state index contributed by atoms with van der Waals surface area (Å²) < 4.78 is 5.32. The number of hydrogen-bond acceptors (Lipinski definition) is 4. The van der Waals surface area contributed by atoms with Crippen molar-refractivity contribution in [1.82, 2.24) is 4.98 Å². The van der Waals surface area contributed by atoms with Crippen molar-refractivity contribution in [3.8, 4) is 0 Å². The molecular formula is C11H18N2O2. The van der Waals surface area contributed by atoms with Gasteiger partial charge in [-0.2, -0.15) is 4.98 Å². The summed E-state index contributed by atoms with van der Waals surface area (Å²) in [5.41, 5.74) is 0.615. The van der Waals surface area contributed by atoms with Gasteiger partial charge in [-0.15, -0.1) is 0 Å². The normalized spacial score (nSPS) is 21.2. The van der Waals surface area contributed by atoms with Crippen molar-refractivity contribution in [1.29, 1.82) is 0 Å². The Balaban J connectivity index is 1.95. The quantitative estimate of drug-likeness (QED) is 0.823. The lowest BCUT2D eigenvalue weighted by molar-refractivity contribution is 0.276. The zero-order chi connectivity index (χ0) is 10.7. The van der Waals surface area contributed by atoms with E-state index < -0.39 is 0 Å². The van der Waals surface area contributed by atoms with E-state index in [9.17, 15) is 0 Å². The molecule has 2 rings (SSSR count). The van der Waals surface area contributed by atoms with Gasteiger partial charge in [-0.1, -0.05) is 13.3 Å². The number of aliphatic hydroxyl groups excluding tert-OH is 1. The molecule has 1 N–H and O–H groups in total. The van der Waals surface area contributed by atoms with Crippen LogP contribution in [0, 0.1) is 5.92 Å². The standard InChI is InChI=1S/C11H18N2O2/c1-2-3-9-4-5-13(6-9)11-12-10(7-14)8-15-11/h8-9,14H,2-7H2,1H3. The van der Waals surface area contributed by atoms with E-state index in [0.29, 0.717) is 11.7 Å². The van der Waals surface area contributed by atoms with E-state index in [1.807, 2.05) is 0 Å². The summed E-state index contributed by atoms with van der Waals surface area (Å²) >= 11 is 0. The average Bonchev–Trinajstić information content (AvgIpc) is 2.85. The van der Waals surface area contributed by atoms with Gasteiger partial charge in [-0.25, -0.2) is 0 Å². The van der Waals surface area contributed by atoms with Crippen LogP contribution in [0.5, 0.6) is 0 Å². The van der Waals surface area contributed by atoms with Gasteiger partial charge in [0.15, 0.2) is 0 Å². The Morgan fingerprint density at radius 3 is 3.20 bits per heavy atom. The molecule has 0 spiro atoms. The third kappa shape index (κ3) is 2.31. The highest BCUT2D eigenvalue weighted by atomic mass is 16.4. The van der Waals surface area contributed by atoms with Crippen molar-refractivity contribution in [3.63, 3.8) is 0 Å². The molecule has 0 amide bonds. The van der Waals surface area contributed by atoms with Gasteiger partial charge in [0.2, 0.25) is 0 Å². The van der Waals surface area contributed by atoms with Crippen LogP contribution >= 0.6 is 0 Å². The largest absolute Gasteiger partial charge is 0.432 e. The fraction of sp³-hybridized carbons (Fsp3) is 0.727. The molecule has 1 aliphatic rings. The molecule has 4 nitrogen and oxygen atoms in total. The van der Waals surface area contributed by atoms with E-state index in [4.69, 9.17) is 9.52 Å². The van der Waals surface area contributed by atoms with Crippen LogP contribution in [0.4, 0.5) is 6.01 Å². The first-order valence-corrected chi connectivity index (χ1v) is 5.63. The van der Waals surface area contributed by atoms with E-state index in [0.717, 1.165) is 19.0 Å². The molecule has 1 aromatic rings. The second-order valence-corrected chi connectivity index (χ2v) is 4.17. The van der Waals surface area contributed by atoms with E-state index in [1.165, 1.54) is 25.5 Å². The molecule has 0 aromatic carbocycles. The molecule has 1 atom stereocenters. The van der Waals surface area contributed by atoms with Crippen molar-refractivity contribution in [2.45, 2.75) is 32.8 Å². The second-order valence-electron chi connectivity index (χ2n) is 4.17. The van der Waals surface area contributed by atoms with Gasteiger partial charge in [0, 0.05) is 13.1 Å². The first kappa shape index (κ1) is 10.5.